The summed E-state index contributed by atoms with van der Waals surface area (Å²) in [6, 6.07) is 25.5. The first kappa shape index (κ1) is 12.9. The number of hydrogen-bond donors (Lipinski definition) is 0. The predicted octanol–water partition coefficient (Wildman–Crippen LogP) is 5.53. The van der Waals surface area contributed by atoms with Crippen molar-refractivity contribution in [3.8, 4) is 0 Å². The normalized spacial score (nSPS) is 27.0. The largest absolute Gasteiger partial charge is 0.120 e. The number of halogens is 2. The van der Waals surface area contributed by atoms with Crippen molar-refractivity contribution in [1.82, 2.24) is 0 Å². The number of benzene rings is 3. The van der Waals surface area contributed by atoms with Crippen LogP contribution in [0.15, 0.2) is 72.8 Å². The summed E-state index contributed by atoms with van der Waals surface area (Å²) in [5.74, 6) is 0. The molecule has 3 aromatic rings. The van der Waals surface area contributed by atoms with Crippen LogP contribution in [0, 0.1) is 0 Å². The lowest BCUT2D eigenvalue weighted by atomic mass is 9.60. The van der Waals surface area contributed by atoms with E-state index >= 15 is 0 Å². The van der Waals surface area contributed by atoms with E-state index in [9.17, 15) is 0 Å². The predicted molar refractivity (Wildman–Crippen MR) is 93.9 cm³/mol. The van der Waals surface area contributed by atoms with E-state index in [-0.39, 0.29) is 4.32 Å². The quantitative estimate of drug-likeness (QED) is 0.458. The molecule has 106 valence electrons. The number of rotatable bonds is 0. The standard InChI is InChI=1S/C20H12BrCl/c21-19-13-7-1-4-10-16(13)20(22,17-11-5-2-8-14(17)19)18-12-6-3-9-15(18)19/h1-12H. The zero-order chi connectivity index (χ0) is 14.9. The number of alkyl halides is 2. The molecule has 22 heavy (non-hydrogen) atoms. The van der Waals surface area contributed by atoms with Crippen molar-refractivity contribution in [3.05, 3.63) is 106 Å². The molecule has 0 amide bonds. The van der Waals surface area contributed by atoms with Crippen molar-refractivity contribution in [1.29, 1.82) is 0 Å². The molecule has 0 aliphatic heterocycles. The van der Waals surface area contributed by atoms with Gasteiger partial charge in [0.25, 0.3) is 0 Å². The molecule has 3 aromatic carbocycles. The smallest absolute Gasteiger partial charge is 0.104 e. The Morgan fingerprint density at radius 1 is 0.545 bits per heavy atom. The zero-order valence-corrected chi connectivity index (χ0v) is 14.0. The summed E-state index contributed by atoms with van der Waals surface area (Å²) >= 11 is 11.4. The van der Waals surface area contributed by atoms with E-state index in [1.54, 1.807) is 0 Å². The fourth-order valence-electron chi connectivity index (χ4n) is 4.12. The third kappa shape index (κ3) is 1.23. The molecule has 0 nitrogen and oxygen atoms in total. The van der Waals surface area contributed by atoms with Gasteiger partial charge >= 0.3 is 0 Å². The van der Waals surface area contributed by atoms with Gasteiger partial charge in [0.1, 0.15) is 9.20 Å². The van der Waals surface area contributed by atoms with E-state index in [0.29, 0.717) is 0 Å². The monoisotopic (exact) mass is 366 g/mol. The summed E-state index contributed by atoms with van der Waals surface area (Å²) in [6.07, 6.45) is 0. The lowest BCUT2D eigenvalue weighted by molar-refractivity contribution is 0.680. The molecular weight excluding hydrogens is 356 g/mol. The summed E-state index contributed by atoms with van der Waals surface area (Å²) < 4.78 is -0.312. The minimum Gasteiger partial charge on any atom is -0.104 e. The van der Waals surface area contributed by atoms with Crippen LogP contribution in [0.3, 0.4) is 0 Å². The Bertz CT molecular complexity index is 735. The van der Waals surface area contributed by atoms with Crippen molar-refractivity contribution in [2.75, 3.05) is 0 Å². The average Bonchev–Trinajstić information content (AvgIpc) is 2.59. The van der Waals surface area contributed by atoms with Gasteiger partial charge in [-0.05, 0) is 33.4 Å². The minimum absolute atomic E-state index is 0.312. The highest BCUT2D eigenvalue weighted by molar-refractivity contribution is 9.10. The minimum atomic E-state index is -0.598. The second kappa shape index (κ2) is 4.04. The summed E-state index contributed by atoms with van der Waals surface area (Å²) in [5.41, 5.74) is 7.31. The highest BCUT2D eigenvalue weighted by atomic mass is 79.9. The van der Waals surface area contributed by atoms with Crippen molar-refractivity contribution < 1.29 is 0 Å². The molecule has 0 fully saturated rings. The molecule has 0 saturated carbocycles. The summed E-state index contributed by atoms with van der Waals surface area (Å²) in [5, 5.41) is 0. The summed E-state index contributed by atoms with van der Waals surface area (Å²) in [4.78, 5) is -0.598. The maximum absolute atomic E-state index is 7.33. The van der Waals surface area contributed by atoms with Crippen LogP contribution in [0.25, 0.3) is 0 Å². The van der Waals surface area contributed by atoms with Gasteiger partial charge in [0.05, 0.1) is 0 Å². The topological polar surface area (TPSA) is 0 Å². The van der Waals surface area contributed by atoms with Crippen molar-refractivity contribution in [3.63, 3.8) is 0 Å². The molecule has 0 aromatic heterocycles. The van der Waals surface area contributed by atoms with Crippen LogP contribution < -0.4 is 0 Å². The third-order valence-corrected chi connectivity index (χ3v) is 6.90. The Morgan fingerprint density at radius 3 is 1.14 bits per heavy atom. The Hall–Kier alpha value is -1.57. The molecule has 0 atom stereocenters. The van der Waals surface area contributed by atoms with E-state index in [0.717, 1.165) is 0 Å². The van der Waals surface area contributed by atoms with Crippen LogP contribution >= 0.6 is 27.5 Å². The van der Waals surface area contributed by atoms with Crippen LogP contribution in [0.4, 0.5) is 0 Å². The maximum atomic E-state index is 7.33. The average molecular weight is 368 g/mol. The van der Waals surface area contributed by atoms with Crippen molar-refractivity contribution in [2.45, 2.75) is 9.20 Å². The second-order valence-corrected chi connectivity index (χ2v) is 7.71. The van der Waals surface area contributed by atoms with Gasteiger partial charge in [-0.1, -0.05) is 88.7 Å². The van der Waals surface area contributed by atoms with E-state index in [1.807, 2.05) is 0 Å². The van der Waals surface area contributed by atoms with Gasteiger partial charge in [0.15, 0.2) is 0 Å². The molecule has 3 aliphatic rings. The van der Waals surface area contributed by atoms with Crippen molar-refractivity contribution >= 4 is 27.5 Å². The molecule has 0 saturated heterocycles. The zero-order valence-electron chi connectivity index (χ0n) is 11.7. The molecule has 0 N–H and O–H groups in total. The van der Waals surface area contributed by atoms with E-state index in [4.69, 9.17) is 11.6 Å². The van der Waals surface area contributed by atoms with Gasteiger partial charge in [-0.25, -0.2) is 0 Å². The lowest BCUT2D eigenvalue weighted by Gasteiger charge is -2.51. The highest BCUT2D eigenvalue weighted by Crippen LogP contribution is 2.65. The fraction of sp³-hybridized carbons (Fsp3) is 0.100. The molecule has 0 heterocycles. The first-order chi connectivity index (χ1) is 10.7. The Morgan fingerprint density at radius 2 is 0.818 bits per heavy atom. The van der Waals surface area contributed by atoms with Gasteiger partial charge in [0.2, 0.25) is 0 Å². The molecule has 0 spiro atoms. The van der Waals surface area contributed by atoms with Crippen LogP contribution in [0.1, 0.15) is 33.4 Å². The maximum Gasteiger partial charge on any atom is 0.120 e. The molecule has 2 bridgehead atoms. The molecule has 2 heteroatoms. The highest BCUT2D eigenvalue weighted by Gasteiger charge is 2.56. The first-order valence-corrected chi connectivity index (χ1v) is 8.53. The Kier molecular flexibility index (Phi) is 2.37. The van der Waals surface area contributed by atoms with Gasteiger partial charge in [0, 0.05) is 0 Å². The van der Waals surface area contributed by atoms with Gasteiger partial charge < -0.3 is 0 Å². The third-order valence-electron chi connectivity index (χ3n) is 5.01. The summed E-state index contributed by atoms with van der Waals surface area (Å²) in [6.45, 7) is 0. The SMILES string of the molecule is ClC12c3ccccc3C(Br)(c3ccccc31)c1ccccc12. The van der Waals surface area contributed by atoms with E-state index < -0.39 is 4.87 Å². The van der Waals surface area contributed by atoms with Crippen LogP contribution in [-0.4, -0.2) is 0 Å². The van der Waals surface area contributed by atoms with Crippen molar-refractivity contribution in [2.24, 2.45) is 0 Å². The molecule has 3 aliphatic carbocycles. The Labute approximate surface area is 142 Å². The fourth-order valence-corrected chi connectivity index (χ4v) is 5.65. The van der Waals surface area contributed by atoms with E-state index in [1.165, 1.54) is 33.4 Å². The summed E-state index contributed by atoms with van der Waals surface area (Å²) in [7, 11) is 0. The Balaban J connectivity index is 2.05. The van der Waals surface area contributed by atoms with Gasteiger partial charge in [-0.2, -0.15) is 0 Å². The van der Waals surface area contributed by atoms with Gasteiger partial charge in [-0.15, -0.1) is 11.6 Å². The first-order valence-electron chi connectivity index (χ1n) is 7.36. The molecule has 0 radical (unpaired) electrons. The second-order valence-electron chi connectivity index (χ2n) is 5.95. The number of hydrogen-bond acceptors (Lipinski definition) is 0. The van der Waals surface area contributed by atoms with Gasteiger partial charge in [-0.3, -0.25) is 0 Å². The van der Waals surface area contributed by atoms with Crippen LogP contribution in [0.2, 0.25) is 0 Å². The van der Waals surface area contributed by atoms with Crippen LogP contribution in [-0.2, 0) is 9.20 Å². The van der Waals surface area contributed by atoms with E-state index in [2.05, 4.69) is 88.7 Å². The van der Waals surface area contributed by atoms with Crippen LogP contribution in [0.5, 0.6) is 0 Å². The lowest BCUT2D eigenvalue weighted by Crippen LogP contribution is -2.45. The molecular formula is C20H12BrCl. The molecule has 6 rings (SSSR count). The molecule has 0 unspecified atom stereocenters.